The molecule has 15 heavy (non-hydrogen) atoms. The summed E-state index contributed by atoms with van der Waals surface area (Å²) >= 11 is 0. The first-order chi connectivity index (χ1) is 7.34. The Hall–Kier alpha value is -1.04. The summed E-state index contributed by atoms with van der Waals surface area (Å²) in [6, 6.07) is 10.9. The zero-order chi connectivity index (χ0) is 10.5. The summed E-state index contributed by atoms with van der Waals surface area (Å²) in [5.41, 5.74) is 3.08. The molecule has 0 heterocycles. The van der Waals surface area contributed by atoms with E-state index in [1.165, 1.54) is 37.7 Å². The summed E-state index contributed by atoms with van der Waals surface area (Å²) in [4.78, 5) is 0. The molecule has 1 aliphatic rings. The van der Waals surface area contributed by atoms with E-state index in [0.29, 0.717) is 0 Å². The van der Waals surface area contributed by atoms with Gasteiger partial charge in [0.2, 0.25) is 0 Å². The van der Waals surface area contributed by atoms with Crippen LogP contribution in [0.5, 0.6) is 0 Å². The van der Waals surface area contributed by atoms with Gasteiger partial charge in [0.15, 0.2) is 0 Å². The molecule has 1 aliphatic carbocycles. The molecule has 0 N–H and O–H groups in total. The molecule has 0 bridgehead atoms. The molecule has 0 heteroatoms. The normalized spacial score (nSPS) is 21.9. The van der Waals surface area contributed by atoms with Crippen molar-refractivity contribution in [3.8, 4) is 0 Å². The predicted octanol–water partition coefficient (Wildman–Crippen LogP) is 4.37. The van der Waals surface area contributed by atoms with Crippen molar-refractivity contribution in [1.29, 1.82) is 0 Å². The van der Waals surface area contributed by atoms with Crippen LogP contribution >= 0.6 is 0 Å². The van der Waals surface area contributed by atoms with E-state index in [2.05, 4.69) is 43.3 Å². The quantitative estimate of drug-likeness (QED) is 0.622. The van der Waals surface area contributed by atoms with Crippen LogP contribution in [0.4, 0.5) is 0 Å². The molecule has 0 saturated heterocycles. The van der Waals surface area contributed by atoms with E-state index in [1.54, 1.807) is 5.57 Å². The summed E-state index contributed by atoms with van der Waals surface area (Å²) in [6.07, 6.45) is 9.06. The maximum atomic E-state index is 2.45. The van der Waals surface area contributed by atoms with Gasteiger partial charge in [-0.2, -0.15) is 0 Å². The Morgan fingerprint density at radius 2 is 2.00 bits per heavy atom. The van der Waals surface area contributed by atoms with Crippen LogP contribution in [0.1, 0.15) is 38.2 Å². The lowest BCUT2D eigenvalue weighted by Crippen LogP contribution is -2.02. The highest BCUT2D eigenvalue weighted by Crippen LogP contribution is 2.25. The molecule has 1 aromatic carbocycles. The van der Waals surface area contributed by atoms with Crippen LogP contribution in [0.3, 0.4) is 0 Å². The van der Waals surface area contributed by atoms with Gasteiger partial charge in [-0.1, -0.05) is 42.0 Å². The molecule has 1 unspecified atom stereocenters. The third-order valence-corrected chi connectivity index (χ3v) is 3.35. The van der Waals surface area contributed by atoms with Crippen molar-refractivity contribution in [2.45, 2.75) is 39.0 Å². The fourth-order valence-electron chi connectivity index (χ4n) is 2.39. The highest BCUT2D eigenvalue weighted by molar-refractivity contribution is 5.16. The van der Waals surface area contributed by atoms with E-state index in [0.717, 1.165) is 5.92 Å². The van der Waals surface area contributed by atoms with Crippen molar-refractivity contribution in [3.63, 3.8) is 0 Å². The Balaban J connectivity index is 1.95. The minimum atomic E-state index is 0.866. The fourth-order valence-corrected chi connectivity index (χ4v) is 2.39. The summed E-state index contributed by atoms with van der Waals surface area (Å²) in [5, 5.41) is 0. The van der Waals surface area contributed by atoms with Gasteiger partial charge in [-0.05, 0) is 50.5 Å². The van der Waals surface area contributed by atoms with Crippen LogP contribution in [0.25, 0.3) is 0 Å². The first-order valence-corrected chi connectivity index (χ1v) is 6.04. The van der Waals surface area contributed by atoms with Gasteiger partial charge in [0.25, 0.3) is 0 Å². The minimum absolute atomic E-state index is 0.866. The second-order valence-corrected chi connectivity index (χ2v) is 4.73. The molecule has 0 aromatic heterocycles. The van der Waals surface area contributed by atoms with Gasteiger partial charge in [0, 0.05) is 0 Å². The highest BCUT2D eigenvalue weighted by atomic mass is 14.2. The highest BCUT2D eigenvalue weighted by Gasteiger charge is 2.11. The molecule has 80 valence electrons. The summed E-state index contributed by atoms with van der Waals surface area (Å²) < 4.78 is 0. The standard InChI is InChI=1S/C15H20/c1-13-6-5-9-15(11-10-13)12-14-7-3-2-4-8-14/h2-4,7-8,10,15H,5-6,9,11-12H2,1H3. The van der Waals surface area contributed by atoms with E-state index >= 15 is 0 Å². The summed E-state index contributed by atoms with van der Waals surface area (Å²) in [7, 11) is 0. The molecule has 2 rings (SSSR count). The van der Waals surface area contributed by atoms with Gasteiger partial charge >= 0.3 is 0 Å². The molecule has 0 spiro atoms. The number of benzene rings is 1. The Morgan fingerprint density at radius 3 is 2.80 bits per heavy atom. The van der Waals surface area contributed by atoms with E-state index in [9.17, 15) is 0 Å². The molecule has 0 amide bonds. The molecule has 0 nitrogen and oxygen atoms in total. The molecule has 0 radical (unpaired) electrons. The van der Waals surface area contributed by atoms with Gasteiger partial charge in [-0.15, -0.1) is 0 Å². The lowest BCUT2D eigenvalue weighted by molar-refractivity contribution is 0.483. The second kappa shape index (κ2) is 5.16. The van der Waals surface area contributed by atoms with E-state index < -0.39 is 0 Å². The van der Waals surface area contributed by atoms with Gasteiger partial charge < -0.3 is 0 Å². The van der Waals surface area contributed by atoms with Crippen LogP contribution in [0.15, 0.2) is 42.0 Å². The van der Waals surface area contributed by atoms with E-state index in [-0.39, 0.29) is 0 Å². The van der Waals surface area contributed by atoms with Crippen LogP contribution in [-0.2, 0) is 6.42 Å². The molecular formula is C15H20. The van der Waals surface area contributed by atoms with Crippen molar-refractivity contribution >= 4 is 0 Å². The van der Waals surface area contributed by atoms with Crippen LogP contribution in [-0.4, -0.2) is 0 Å². The molecule has 1 aromatic rings. The van der Waals surface area contributed by atoms with E-state index in [4.69, 9.17) is 0 Å². The number of rotatable bonds is 2. The molecule has 0 aliphatic heterocycles. The topological polar surface area (TPSA) is 0 Å². The number of hydrogen-bond acceptors (Lipinski definition) is 0. The van der Waals surface area contributed by atoms with Crippen molar-refractivity contribution in [2.24, 2.45) is 5.92 Å². The van der Waals surface area contributed by atoms with Gasteiger partial charge in [0.1, 0.15) is 0 Å². The number of allylic oxidation sites excluding steroid dienone is 2. The van der Waals surface area contributed by atoms with Crippen LogP contribution in [0.2, 0.25) is 0 Å². The van der Waals surface area contributed by atoms with Crippen molar-refractivity contribution in [1.82, 2.24) is 0 Å². The van der Waals surface area contributed by atoms with Gasteiger partial charge in [0.05, 0.1) is 0 Å². The second-order valence-electron chi connectivity index (χ2n) is 4.73. The molecule has 0 saturated carbocycles. The average molecular weight is 200 g/mol. The maximum Gasteiger partial charge on any atom is -0.0247 e. The van der Waals surface area contributed by atoms with Crippen molar-refractivity contribution in [3.05, 3.63) is 47.5 Å². The molecular weight excluding hydrogens is 180 g/mol. The smallest absolute Gasteiger partial charge is 0.0247 e. The third-order valence-electron chi connectivity index (χ3n) is 3.35. The lowest BCUT2D eigenvalue weighted by atomic mass is 9.93. The predicted molar refractivity (Wildman–Crippen MR) is 65.9 cm³/mol. The Kier molecular flexibility index (Phi) is 3.60. The zero-order valence-electron chi connectivity index (χ0n) is 9.58. The van der Waals surface area contributed by atoms with Crippen LogP contribution < -0.4 is 0 Å². The van der Waals surface area contributed by atoms with Gasteiger partial charge in [-0.25, -0.2) is 0 Å². The third kappa shape index (κ3) is 3.23. The SMILES string of the molecule is CC1=CCC(Cc2ccccc2)CCC1. The average Bonchev–Trinajstić information content (AvgIpc) is 2.46. The largest absolute Gasteiger partial charge is 0.0853 e. The Labute approximate surface area is 93.0 Å². The Bertz CT molecular complexity index is 321. The molecule has 1 atom stereocenters. The zero-order valence-corrected chi connectivity index (χ0v) is 9.58. The van der Waals surface area contributed by atoms with Gasteiger partial charge in [-0.3, -0.25) is 0 Å². The monoisotopic (exact) mass is 200 g/mol. The fraction of sp³-hybridized carbons (Fsp3) is 0.467. The first-order valence-electron chi connectivity index (χ1n) is 6.04. The molecule has 0 fully saturated rings. The maximum absolute atomic E-state index is 2.45. The summed E-state index contributed by atoms with van der Waals surface area (Å²) in [6.45, 7) is 2.27. The lowest BCUT2D eigenvalue weighted by Gasteiger charge is -2.12. The van der Waals surface area contributed by atoms with E-state index in [1.807, 2.05) is 0 Å². The number of hydrogen-bond donors (Lipinski definition) is 0. The van der Waals surface area contributed by atoms with Crippen LogP contribution in [0, 0.1) is 5.92 Å². The van der Waals surface area contributed by atoms with Crippen molar-refractivity contribution < 1.29 is 0 Å². The Morgan fingerprint density at radius 1 is 1.20 bits per heavy atom. The first kappa shape index (κ1) is 10.5. The summed E-state index contributed by atoms with van der Waals surface area (Å²) in [5.74, 6) is 0.866. The van der Waals surface area contributed by atoms with Crippen molar-refractivity contribution in [2.75, 3.05) is 0 Å². The minimum Gasteiger partial charge on any atom is -0.0853 e.